The Morgan fingerprint density at radius 1 is 1.64 bits per heavy atom. The Labute approximate surface area is 81.1 Å². The minimum atomic E-state index is -0.410. The molecular formula is C9H11FN2O2. The van der Waals surface area contributed by atoms with Crippen LogP contribution in [0, 0.1) is 5.82 Å². The van der Waals surface area contributed by atoms with E-state index in [9.17, 15) is 9.18 Å². The average Bonchev–Trinajstić information content (AvgIpc) is 2.17. The molecule has 0 aliphatic heterocycles. The summed E-state index contributed by atoms with van der Waals surface area (Å²) in [6, 6.07) is 2.72. The predicted molar refractivity (Wildman–Crippen MR) is 49.3 cm³/mol. The van der Waals surface area contributed by atoms with Gasteiger partial charge in [0.05, 0.1) is 12.8 Å². The van der Waals surface area contributed by atoms with Gasteiger partial charge in [-0.3, -0.25) is 4.79 Å². The third-order valence-corrected chi connectivity index (χ3v) is 1.45. The van der Waals surface area contributed by atoms with Crippen molar-refractivity contribution in [1.29, 1.82) is 0 Å². The van der Waals surface area contributed by atoms with Crippen LogP contribution in [0.4, 0.5) is 10.2 Å². The van der Waals surface area contributed by atoms with Gasteiger partial charge in [-0.15, -0.1) is 0 Å². The molecule has 0 saturated carbocycles. The van der Waals surface area contributed by atoms with E-state index >= 15 is 0 Å². The zero-order valence-corrected chi connectivity index (χ0v) is 7.79. The quantitative estimate of drug-likeness (QED) is 0.738. The van der Waals surface area contributed by atoms with Crippen molar-refractivity contribution in [2.24, 2.45) is 0 Å². The van der Waals surface area contributed by atoms with E-state index in [1.807, 2.05) is 0 Å². The molecule has 14 heavy (non-hydrogen) atoms. The number of esters is 1. The number of nitrogens with one attached hydrogen (secondary N) is 1. The van der Waals surface area contributed by atoms with Crippen molar-refractivity contribution in [1.82, 2.24) is 4.98 Å². The SMILES string of the molecule is CCOC(=O)CNc1ccc(F)cn1. The fourth-order valence-electron chi connectivity index (χ4n) is 0.855. The molecule has 0 bridgehead atoms. The number of carbonyl (C=O) groups excluding carboxylic acids is 1. The molecule has 76 valence electrons. The number of halogens is 1. The van der Waals surface area contributed by atoms with Gasteiger partial charge in [0.15, 0.2) is 0 Å². The lowest BCUT2D eigenvalue weighted by molar-refractivity contribution is -0.140. The molecule has 0 atom stereocenters. The first-order valence-corrected chi connectivity index (χ1v) is 4.23. The van der Waals surface area contributed by atoms with Gasteiger partial charge in [0, 0.05) is 0 Å². The minimum absolute atomic E-state index is 0.0342. The zero-order valence-electron chi connectivity index (χ0n) is 7.79. The van der Waals surface area contributed by atoms with Gasteiger partial charge in [-0.05, 0) is 19.1 Å². The number of nitrogens with zero attached hydrogens (tertiary/aromatic N) is 1. The van der Waals surface area contributed by atoms with Crippen LogP contribution in [0.1, 0.15) is 6.92 Å². The topological polar surface area (TPSA) is 51.2 Å². The number of anilines is 1. The maximum Gasteiger partial charge on any atom is 0.325 e. The zero-order chi connectivity index (χ0) is 10.4. The minimum Gasteiger partial charge on any atom is -0.465 e. The van der Waals surface area contributed by atoms with E-state index in [0.717, 1.165) is 6.20 Å². The van der Waals surface area contributed by atoms with Crippen LogP contribution < -0.4 is 5.32 Å². The molecule has 1 N–H and O–H groups in total. The molecule has 1 rings (SSSR count). The van der Waals surface area contributed by atoms with Crippen molar-refractivity contribution < 1.29 is 13.9 Å². The molecule has 0 saturated heterocycles. The number of hydrogen-bond donors (Lipinski definition) is 1. The van der Waals surface area contributed by atoms with E-state index in [1.165, 1.54) is 12.1 Å². The molecule has 1 aromatic rings. The molecule has 0 aliphatic carbocycles. The fraction of sp³-hybridized carbons (Fsp3) is 0.333. The highest BCUT2D eigenvalue weighted by Crippen LogP contribution is 2.02. The van der Waals surface area contributed by atoms with Crippen molar-refractivity contribution in [3.63, 3.8) is 0 Å². The van der Waals surface area contributed by atoms with E-state index in [-0.39, 0.29) is 12.5 Å². The Kier molecular flexibility index (Phi) is 3.84. The Morgan fingerprint density at radius 3 is 3.00 bits per heavy atom. The van der Waals surface area contributed by atoms with Gasteiger partial charge in [0.1, 0.15) is 18.2 Å². The van der Waals surface area contributed by atoms with Gasteiger partial charge >= 0.3 is 5.97 Å². The highest BCUT2D eigenvalue weighted by molar-refractivity contribution is 5.74. The first-order chi connectivity index (χ1) is 6.72. The molecule has 5 heteroatoms. The van der Waals surface area contributed by atoms with Gasteiger partial charge in [-0.25, -0.2) is 9.37 Å². The first-order valence-electron chi connectivity index (χ1n) is 4.23. The largest absolute Gasteiger partial charge is 0.465 e. The molecule has 0 aliphatic rings. The van der Waals surface area contributed by atoms with Gasteiger partial charge in [-0.1, -0.05) is 0 Å². The van der Waals surface area contributed by atoms with Crippen molar-refractivity contribution in [3.8, 4) is 0 Å². The van der Waals surface area contributed by atoms with E-state index in [4.69, 9.17) is 0 Å². The van der Waals surface area contributed by atoms with Crippen LogP contribution >= 0.6 is 0 Å². The molecule has 0 unspecified atom stereocenters. The number of hydrogen-bond acceptors (Lipinski definition) is 4. The molecule has 0 amide bonds. The standard InChI is InChI=1S/C9H11FN2O2/c1-2-14-9(13)6-12-8-4-3-7(10)5-11-8/h3-5H,2,6H2,1H3,(H,11,12). The van der Waals surface area contributed by atoms with Crippen LogP contribution in [0.3, 0.4) is 0 Å². The summed E-state index contributed by atoms with van der Waals surface area (Å²) < 4.78 is 17.1. The molecule has 1 aromatic heterocycles. The lowest BCUT2D eigenvalue weighted by Gasteiger charge is -2.04. The van der Waals surface area contributed by atoms with E-state index in [0.29, 0.717) is 12.4 Å². The molecule has 0 aromatic carbocycles. The first kappa shape index (κ1) is 10.4. The summed E-state index contributed by atoms with van der Waals surface area (Å²) in [6.07, 6.45) is 1.08. The Morgan fingerprint density at radius 2 is 2.43 bits per heavy atom. The summed E-state index contributed by atoms with van der Waals surface area (Å²) >= 11 is 0. The van der Waals surface area contributed by atoms with Gasteiger partial charge in [0.25, 0.3) is 0 Å². The Balaban J connectivity index is 2.38. The van der Waals surface area contributed by atoms with Crippen LogP contribution in [0.25, 0.3) is 0 Å². The van der Waals surface area contributed by atoms with Gasteiger partial charge < -0.3 is 10.1 Å². The molecule has 0 fully saturated rings. The molecule has 1 heterocycles. The van der Waals surface area contributed by atoms with Crippen molar-refractivity contribution in [2.45, 2.75) is 6.92 Å². The number of aromatic nitrogens is 1. The molecule has 4 nitrogen and oxygen atoms in total. The third kappa shape index (κ3) is 3.38. The second-order valence-electron chi connectivity index (χ2n) is 2.52. The summed E-state index contributed by atoms with van der Waals surface area (Å²) in [6.45, 7) is 2.11. The molecule has 0 radical (unpaired) electrons. The van der Waals surface area contributed by atoms with Crippen molar-refractivity contribution in [2.75, 3.05) is 18.5 Å². The van der Waals surface area contributed by atoms with Crippen molar-refractivity contribution >= 4 is 11.8 Å². The van der Waals surface area contributed by atoms with Crippen LogP contribution in [-0.2, 0) is 9.53 Å². The van der Waals surface area contributed by atoms with Crippen LogP contribution in [0.15, 0.2) is 18.3 Å². The lowest BCUT2D eigenvalue weighted by atomic mass is 10.4. The normalized spacial score (nSPS) is 9.57. The van der Waals surface area contributed by atoms with Crippen LogP contribution in [0.5, 0.6) is 0 Å². The third-order valence-electron chi connectivity index (χ3n) is 1.45. The second-order valence-corrected chi connectivity index (χ2v) is 2.52. The summed E-state index contributed by atoms with van der Waals surface area (Å²) in [7, 11) is 0. The van der Waals surface area contributed by atoms with Crippen LogP contribution in [0.2, 0.25) is 0 Å². The number of pyridine rings is 1. The van der Waals surface area contributed by atoms with E-state index < -0.39 is 5.82 Å². The van der Waals surface area contributed by atoms with Gasteiger partial charge in [0.2, 0.25) is 0 Å². The molecular weight excluding hydrogens is 187 g/mol. The summed E-state index contributed by atoms with van der Waals surface area (Å²) in [4.78, 5) is 14.6. The maximum atomic E-state index is 12.4. The highest BCUT2D eigenvalue weighted by Gasteiger charge is 2.01. The lowest BCUT2D eigenvalue weighted by Crippen LogP contribution is -2.17. The van der Waals surface area contributed by atoms with Crippen molar-refractivity contribution in [3.05, 3.63) is 24.1 Å². The predicted octanol–water partition coefficient (Wildman–Crippen LogP) is 1.20. The monoisotopic (exact) mass is 198 g/mol. The number of carbonyl (C=O) groups is 1. The van der Waals surface area contributed by atoms with E-state index in [2.05, 4.69) is 15.0 Å². The summed E-state index contributed by atoms with van der Waals surface area (Å²) in [5, 5.41) is 2.70. The highest BCUT2D eigenvalue weighted by atomic mass is 19.1. The maximum absolute atomic E-state index is 12.4. The average molecular weight is 198 g/mol. The number of ether oxygens (including phenoxy) is 1. The Hall–Kier alpha value is -1.65. The summed E-state index contributed by atoms with van der Waals surface area (Å²) in [5.41, 5.74) is 0. The van der Waals surface area contributed by atoms with Gasteiger partial charge in [-0.2, -0.15) is 0 Å². The summed E-state index contributed by atoms with van der Waals surface area (Å²) in [5.74, 6) is -0.329. The van der Waals surface area contributed by atoms with Crippen LogP contribution in [-0.4, -0.2) is 24.1 Å². The second kappa shape index (κ2) is 5.16. The van der Waals surface area contributed by atoms with E-state index in [1.54, 1.807) is 6.92 Å². The molecule has 0 spiro atoms. The fourth-order valence-corrected chi connectivity index (χ4v) is 0.855. The Bertz CT molecular complexity index is 300. The number of rotatable bonds is 4. The smallest absolute Gasteiger partial charge is 0.325 e.